The summed E-state index contributed by atoms with van der Waals surface area (Å²) in [6.45, 7) is 0. The van der Waals surface area contributed by atoms with Crippen LogP contribution in [0.4, 0.5) is 0 Å². The minimum atomic E-state index is 0.461. The molecule has 0 unspecified atom stereocenters. The summed E-state index contributed by atoms with van der Waals surface area (Å²) < 4.78 is 1.10. The molecule has 0 aliphatic heterocycles. The summed E-state index contributed by atoms with van der Waals surface area (Å²) >= 11 is 3.41. The van der Waals surface area contributed by atoms with Gasteiger partial charge < -0.3 is 0 Å². The van der Waals surface area contributed by atoms with Gasteiger partial charge in [-0.25, -0.2) is 0 Å². The van der Waals surface area contributed by atoms with Crippen LogP contribution in [-0.4, -0.2) is 0 Å². The van der Waals surface area contributed by atoms with Crippen molar-refractivity contribution in [2.75, 3.05) is 0 Å². The molecule has 1 heteroatoms. The van der Waals surface area contributed by atoms with Gasteiger partial charge in [-0.2, -0.15) is 0 Å². The second-order valence-electron chi connectivity index (χ2n) is 3.74. The second-order valence-corrected chi connectivity index (χ2v) is 4.66. The van der Waals surface area contributed by atoms with Gasteiger partial charge in [-0.3, -0.25) is 0 Å². The predicted octanol–water partition coefficient (Wildman–Crippen LogP) is 4.16. The first-order chi connectivity index (χ1) is 7.34. The Bertz CT molecular complexity index is 403. The molecule has 0 spiro atoms. The smallest absolute Gasteiger partial charge is 0.0386 e. The Morgan fingerprint density at radius 3 is 2.67 bits per heavy atom. The lowest BCUT2D eigenvalue weighted by molar-refractivity contribution is 0.645. The molecule has 1 atom stereocenters. The lowest BCUT2D eigenvalue weighted by Gasteiger charge is -2.08. The van der Waals surface area contributed by atoms with Crippen molar-refractivity contribution in [3.05, 3.63) is 46.5 Å². The first-order valence-electron chi connectivity index (χ1n) is 5.28. The number of allylic oxidation sites excluding steroid dienone is 2. The topological polar surface area (TPSA) is 0 Å². The lowest BCUT2D eigenvalue weighted by atomic mass is 9.96. The quantitative estimate of drug-likeness (QED) is 0.486. The van der Waals surface area contributed by atoms with Crippen molar-refractivity contribution in [2.45, 2.75) is 19.3 Å². The van der Waals surface area contributed by atoms with Crippen LogP contribution in [0.2, 0.25) is 0 Å². The fourth-order valence-corrected chi connectivity index (χ4v) is 1.91. The molecule has 0 N–H and O–H groups in total. The second kappa shape index (κ2) is 5.19. The van der Waals surface area contributed by atoms with Crippen LogP contribution < -0.4 is 0 Å². The molecule has 1 aromatic carbocycles. The van der Waals surface area contributed by atoms with Crippen LogP contribution in [0.1, 0.15) is 24.8 Å². The zero-order chi connectivity index (χ0) is 10.5. The van der Waals surface area contributed by atoms with Crippen molar-refractivity contribution in [3.8, 4) is 11.8 Å². The van der Waals surface area contributed by atoms with Gasteiger partial charge >= 0.3 is 0 Å². The molecule has 0 saturated carbocycles. The van der Waals surface area contributed by atoms with E-state index in [4.69, 9.17) is 0 Å². The van der Waals surface area contributed by atoms with Crippen molar-refractivity contribution in [3.63, 3.8) is 0 Å². The molecule has 0 fully saturated rings. The van der Waals surface area contributed by atoms with E-state index in [2.05, 4.69) is 39.9 Å². The Hall–Kier alpha value is -1.00. The zero-order valence-electron chi connectivity index (χ0n) is 8.54. The van der Waals surface area contributed by atoms with Crippen molar-refractivity contribution >= 4 is 15.9 Å². The third-order valence-corrected chi connectivity index (χ3v) is 3.03. The Kier molecular flexibility index (Phi) is 3.64. The summed E-state index contributed by atoms with van der Waals surface area (Å²) in [5, 5.41) is 0. The molecule has 1 aliphatic carbocycles. The highest BCUT2D eigenvalue weighted by Crippen LogP contribution is 2.16. The number of rotatable bonds is 0. The minimum absolute atomic E-state index is 0.461. The van der Waals surface area contributed by atoms with Crippen LogP contribution in [0, 0.1) is 17.8 Å². The molecule has 0 saturated heterocycles. The van der Waals surface area contributed by atoms with Crippen molar-refractivity contribution < 1.29 is 0 Å². The monoisotopic (exact) mass is 260 g/mol. The van der Waals surface area contributed by atoms with Gasteiger partial charge in [0.25, 0.3) is 0 Å². The molecule has 1 aromatic rings. The first-order valence-corrected chi connectivity index (χ1v) is 6.08. The first kappa shape index (κ1) is 10.5. The van der Waals surface area contributed by atoms with E-state index in [9.17, 15) is 0 Å². The molecular weight excluding hydrogens is 248 g/mol. The molecule has 0 bridgehead atoms. The average Bonchev–Trinajstić information content (AvgIpc) is 2.30. The SMILES string of the molecule is Brc1ccc(C#C[C@@H]2C=CCCC2)cc1. The van der Waals surface area contributed by atoms with Gasteiger partial charge in [-0.15, -0.1) is 0 Å². The van der Waals surface area contributed by atoms with Gasteiger partial charge in [0, 0.05) is 16.0 Å². The van der Waals surface area contributed by atoms with Gasteiger partial charge in [-0.1, -0.05) is 39.9 Å². The highest BCUT2D eigenvalue weighted by Gasteiger charge is 2.03. The van der Waals surface area contributed by atoms with Crippen LogP contribution in [-0.2, 0) is 0 Å². The fraction of sp³-hybridized carbons (Fsp3) is 0.286. The molecule has 2 rings (SSSR count). The third kappa shape index (κ3) is 3.25. The van der Waals surface area contributed by atoms with E-state index < -0.39 is 0 Å². The molecule has 0 amide bonds. The summed E-state index contributed by atoms with van der Waals surface area (Å²) in [5.74, 6) is 6.99. The molecule has 15 heavy (non-hydrogen) atoms. The maximum atomic E-state index is 3.41. The van der Waals surface area contributed by atoms with Crippen molar-refractivity contribution in [1.82, 2.24) is 0 Å². The summed E-state index contributed by atoms with van der Waals surface area (Å²) in [7, 11) is 0. The van der Waals surface area contributed by atoms with Gasteiger partial charge in [-0.05, 0) is 43.5 Å². The highest BCUT2D eigenvalue weighted by molar-refractivity contribution is 9.10. The zero-order valence-corrected chi connectivity index (χ0v) is 10.1. The van der Waals surface area contributed by atoms with E-state index in [1.807, 2.05) is 24.3 Å². The Labute approximate surface area is 99.5 Å². The van der Waals surface area contributed by atoms with E-state index in [1.165, 1.54) is 19.3 Å². The van der Waals surface area contributed by atoms with Crippen LogP contribution >= 0.6 is 15.9 Å². The summed E-state index contributed by atoms with van der Waals surface area (Å²) in [6.07, 6.45) is 8.17. The molecule has 0 radical (unpaired) electrons. The van der Waals surface area contributed by atoms with Crippen molar-refractivity contribution in [1.29, 1.82) is 0 Å². The Morgan fingerprint density at radius 1 is 1.20 bits per heavy atom. The van der Waals surface area contributed by atoms with Gasteiger partial charge in [0.15, 0.2) is 0 Å². The van der Waals surface area contributed by atoms with E-state index in [0.29, 0.717) is 5.92 Å². The minimum Gasteiger partial charge on any atom is -0.0903 e. The number of hydrogen-bond acceptors (Lipinski definition) is 0. The Balaban J connectivity index is 2.07. The number of halogens is 1. The largest absolute Gasteiger partial charge is 0.0903 e. The maximum absolute atomic E-state index is 3.41. The normalized spacial score (nSPS) is 19.4. The third-order valence-electron chi connectivity index (χ3n) is 2.50. The molecule has 0 aromatic heterocycles. The summed E-state index contributed by atoms with van der Waals surface area (Å²) in [4.78, 5) is 0. The molecule has 0 heterocycles. The van der Waals surface area contributed by atoms with Crippen LogP contribution in [0.3, 0.4) is 0 Å². The van der Waals surface area contributed by atoms with Crippen molar-refractivity contribution in [2.24, 2.45) is 5.92 Å². The predicted molar refractivity (Wildman–Crippen MR) is 67.5 cm³/mol. The lowest BCUT2D eigenvalue weighted by Crippen LogP contribution is -1.96. The molecule has 1 aliphatic rings. The van der Waals surface area contributed by atoms with Gasteiger partial charge in [0.05, 0.1) is 0 Å². The van der Waals surface area contributed by atoms with E-state index in [-0.39, 0.29) is 0 Å². The van der Waals surface area contributed by atoms with E-state index in [0.717, 1.165) is 10.0 Å². The molecule has 76 valence electrons. The fourth-order valence-electron chi connectivity index (χ4n) is 1.64. The number of benzene rings is 1. The van der Waals surface area contributed by atoms with Crippen LogP contribution in [0.5, 0.6) is 0 Å². The number of hydrogen-bond donors (Lipinski definition) is 0. The highest BCUT2D eigenvalue weighted by atomic mass is 79.9. The van der Waals surface area contributed by atoms with Gasteiger partial charge in [0.2, 0.25) is 0 Å². The molecule has 0 nitrogen and oxygen atoms in total. The maximum Gasteiger partial charge on any atom is 0.0386 e. The standard InChI is InChI=1S/C14H13Br/c15-14-10-8-13(9-11-14)7-6-12-4-2-1-3-5-12/h2,4,8-12H,1,3,5H2/t12-/m1/s1. The molecular formula is C14H13Br. The van der Waals surface area contributed by atoms with Gasteiger partial charge in [0.1, 0.15) is 0 Å². The Morgan fingerprint density at radius 2 is 2.00 bits per heavy atom. The van der Waals surface area contributed by atoms with Crippen LogP contribution in [0.25, 0.3) is 0 Å². The van der Waals surface area contributed by atoms with E-state index in [1.54, 1.807) is 0 Å². The van der Waals surface area contributed by atoms with E-state index >= 15 is 0 Å². The summed E-state index contributed by atoms with van der Waals surface area (Å²) in [6, 6.07) is 8.15. The van der Waals surface area contributed by atoms with Crippen LogP contribution in [0.15, 0.2) is 40.9 Å². The summed E-state index contributed by atoms with van der Waals surface area (Å²) in [5.41, 5.74) is 1.09. The average molecular weight is 261 g/mol.